The number of thiophene rings is 1. The van der Waals surface area contributed by atoms with Crippen LogP contribution in [-0.4, -0.2) is 23.3 Å². The summed E-state index contributed by atoms with van der Waals surface area (Å²) in [5, 5.41) is 9.74. The second-order valence-electron chi connectivity index (χ2n) is 5.76. The van der Waals surface area contributed by atoms with E-state index in [9.17, 15) is 4.79 Å². The van der Waals surface area contributed by atoms with Crippen molar-refractivity contribution in [3.63, 3.8) is 0 Å². The van der Waals surface area contributed by atoms with Crippen molar-refractivity contribution in [1.29, 1.82) is 5.26 Å². The Hall–Kier alpha value is -2.49. The van der Waals surface area contributed by atoms with Crippen LogP contribution in [0.25, 0.3) is 10.2 Å². The highest BCUT2D eigenvalue weighted by atomic mass is 32.1. The van der Waals surface area contributed by atoms with E-state index in [1.165, 1.54) is 0 Å². The summed E-state index contributed by atoms with van der Waals surface area (Å²) in [6.07, 6.45) is 1.46. The Morgan fingerprint density at radius 1 is 1.36 bits per heavy atom. The van der Waals surface area contributed by atoms with Crippen LogP contribution in [0.4, 0.5) is 0 Å². The van der Waals surface area contributed by atoms with Crippen molar-refractivity contribution in [3.8, 4) is 6.07 Å². The summed E-state index contributed by atoms with van der Waals surface area (Å²) >= 11 is 1.57. The molecule has 128 valence electrons. The highest BCUT2D eigenvalue weighted by Crippen LogP contribution is 2.22. The van der Waals surface area contributed by atoms with Crippen LogP contribution in [-0.2, 0) is 24.1 Å². The fourth-order valence-electron chi connectivity index (χ4n) is 2.75. The molecule has 1 aromatic carbocycles. The van der Waals surface area contributed by atoms with Crippen LogP contribution < -0.4 is 5.56 Å². The van der Waals surface area contributed by atoms with E-state index >= 15 is 0 Å². The Balaban J connectivity index is 2.11. The maximum Gasteiger partial charge on any atom is 0.262 e. The van der Waals surface area contributed by atoms with Crippen molar-refractivity contribution in [2.24, 2.45) is 0 Å². The maximum absolute atomic E-state index is 13.0. The Kier molecular flexibility index (Phi) is 5.27. The summed E-state index contributed by atoms with van der Waals surface area (Å²) < 4.78 is 6.87. The molecule has 0 fully saturated rings. The standard InChI is InChI=1S/C19H19N3O2S/c1-3-15-10-16-18(25-15)21-17(7-8-24-2)22(19(16)23)12-14-6-4-5-13(9-14)11-20/h4-6,9-10H,3,7-8,12H2,1-2H3. The molecule has 0 bridgehead atoms. The van der Waals surface area contributed by atoms with Crippen LogP contribution in [0, 0.1) is 11.3 Å². The lowest BCUT2D eigenvalue weighted by molar-refractivity contribution is 0.199. The lowest BCUT2D eigenvalue weighted by Gasteiger charge is -2.12. The van der Waals surface area contributed by atoms with Gasteiger partial charge in [0.15, 0.2) is 0 Å². The van der Waals surface area contributed by atoms with Gasteiger partial charge in [0.25, 0.3) is 5.56 Å². The molecule has 0 unspecified atom stereocenters. The largest absolute Gasteiger partial charge is 0.384 e. The van der Waals surface area contributed by atoms with Crippen molar-refractivity contribution in [2.75, 3.05) is 13.7 Å². The molecule has 6 heteroatoms. The van der Waals surface area contributed by atoms with Gasteiger partial charge in [-0.2, -0.15) is 5.26 Å². The minimum Gasteiger partial charge on any atom is -0.384 e. The van der Waals surface area contributed by atoms with Gasteiger partial charge < -0.3 is 4.74 Å². The lowest BCUT2D eigenvalue weighted by Crippen LogP contribution is -2.26. The molecule has 0 atom stereocenters. The zero-order chi connectivity index (χ0) is 17.8. The number of benzene rings is 1. The van der Waals surface area contributed by atoms with Gasteiger partial charge in [0.05, 0.1) is 30.2 Å². The van der Waals surface area contributed by atoms with E-state index in [1.54, 1.807) is 29.1 Å². The summed E-state index contributed by atoms with van der Waals surface area (Å²) in [5.74, 6) is 0.714. The topological polar surface area (TPSA) is 67.9 Å². The van der Waals surface area contributed by atoms with E-state index in [-0.39, 0.29) is 5.56 Å². The van der Waals surface area contributed by atoms with E-state index in [2.05, 4.69) is 13.0 Å². The minimum atomic E-state index is -0.0330. The van der Waals surface area contributed by atoms with Crippen molar-refractivity contribution >= 4 is 21.6 Å². The van der Waals surface area contributed by atoms with E-state index in [0.717, 1.165) is 21.7 Å². The van der Waals surface area contributed by atoms with E-state index in [4.69, 9.17) is 15.0 Å². The minimum absolute atomic E-state index is 0.0330. The molecule has 0 saturated heterocycles. The van der Waals surface area contributed by atoms with E-state index < -0.39 is 0 Å². The first-order chi connectivity index (χ1) is 12.2. The second-order valence-corrected chi connectivity index (χ2v) is 6.87. The number of hydrogen-bond donors (Lipinski definition) is 0. The van der Waals surface area contributed by atoms with Gasteiger partial charge in [0, 0.05) is 18.4 Å². The van der Waals surface area contributed by atoms with Crippen LogP contribution in [0.3, 0.4) is 0 Å². The van der Waals surface area contributed by atoms with Crippen LogP contribution >= 0.6 is 11.3 Å². The molecular weight excluding hydrogens is 334 g/mol. The Morgan fingerprint density at radius 2 is 2.20 bits per heavy atom. The average Bonchev–Trinajstić information content (AvgIpc) is 3.06. The molecule has 2 heterocycles. The summed E-state index contributed by atoms with van der Waals surface area (Å²) in [7, 11) is 1.64. The molecule has 2 aromatic heterocycles. The van der Waals surface area contributed by atoms with Gasteiger partial charge in [-0.1, -0.05) is 19.1 Å². The molecule has 0 N–H and O–H groups in total. The number of aromatic nitrogens is 2. The highest BCUT2D eigenvalue weighted by molar-refractivity contribution is 7.18. The monoisotopic (exact) mass is 353 g/mol. The van der Waals surface area contributed by atoms with E-state index in [0.29, 0.717) is 36.3 Å². The molecule has 3 rings (SSSR count). The van der Waals surface area contributed by atoms with Crippen LogP contribution in [0.15, 0.2) is 35.1 Å². The third-order valence-electron chi connectivity index (χ3n) is 4.06. The molecular formula is C19H19N3O2S. The third kappa shape index (κ3) is 3.63. The molecule has 25 heavy (non-hydrogen) atoms. The van der Waals surface area contributed by atoms with Gasteiger partial charge in [-0.15, -0.1) is 11.3 Å². The van der Waals surface area contributed by atoms with Crippen LogP contribution in [0.2, 0.25) is 0 Å². The number of fused-ring (bicyclic) bond motifs is 1. The molecule has 0 spiro atoms. The number of aryl methyl sites for hydroxylation is 1. The lowest BCUT2D eigenvalue weighted by atomic mass is 10.1. The van der Waals surface area contributed by atoms with Gasteiger partial charge in [0.1, 0.15) is 10.7 Å². The van der Waals surface area contributed by atoms with Crippen molar-refractivity contribution in [3.05, 3.63) is 62.5 Å². The molecule has 0 aliphatic heterocycles. The highest BCUT2D eigenvalue weighted by Gasteiger charge is 2.14. The number of hydrogen-bond acceptors (Lipinski definition) is 5. The van der Waals surface area contributed by atoms with Gasteiger partial charge >= 0.3 is 0 Å². The molecule has 5 nitrogen and oxygen atoms in total. The summed E-state index contributed by atoms with van der Waals surface area (Å²) in [6, 6.07) is 11.4. The maximum atomic E-state index is 13.0. The number of methoxy groups -OCH3 is 1. The van der Waals surface area contributed by atoms with Crippen molar-refractivity contribution < 1.29 is 4.74 Å². The quantitative estimate of drug-likeness (QED) is 0.683. The average molecular weight is 353 g/mol. The zero-order valence-electron chi connectivity index (χ0n) is 14.3. The predicted molar refractivity (Wildman–Crippen MR) is 99.1 cm³/mol. The van der Waals surface area contributed by atoms with E-state index in [1.807, 2.05) is 24.3 Å². The number of nitriles is 1. The first-order valence-corrected chi connectivity index (χ1v) is 8.98. The summed E-state index contributed by atoms with van der Waals surface area (Å²) in [6.45, 7) is 2.97. The second kappa shape index (κ2) is 7.60. The van der Waals surface area contributed by atoms with Gasteiger partial charge in [-0.05, 0) is 30.2 Å². The number of rotatable bonds is 6. The van der Waals surface area contributed by atoms with Crippen LogP contribution in [0.1, 0.15) is 28.8 Å². The molecule has 0 aliphatic carbocycles. The zero-order valence-corrected chi connectivity index (χ0v) is 15.1. The SMILES string of the molecule is CCc1cc2c(=O)n(Cc3cccc(C#N)c3)c(CCOC)nc2s1. The summed E-state index contributed by atoms with van der Waals surface area (Å²) in [5.41, 5.74) is 1.46. The first kappa shape index (κ1) is 17.3. The normalized spacial score (nSPS) is 10.9. The molecule has 3 aromatic rings. The fraction of sp³-hybridized carbons (Fsp3) is 0.316. The first-order valence-electron chi connectivity index (χ1n) is 8.16. The van der Waals surface area contributed by atoms with Gasteiger partial charge in [-0.25, -0.2) is 4.98 Å². The third-order valence-corrected chi connectivity index (χ3v) is 5.23. The molecule has 0 saturated carbocycles. The number of ether oxygens (including phenoxy) is 1. The molecule has 0 amide bonds. The van der Waals surface area contributed by atoms with Crippen LogP contribution in [0.5, 0.6) is 0 Å². The van der Waals surface area contributed by atoms with Crippen molar-refractivity contribution in [1.82, 2.24) is 9.55 Å². The predicted octanol–water partition coefficient (Wildman–Crippen LogP) is 3.13. The molecule has 0 radical (unpaired) electrons. The van der Waals surface area contributed by atoms with Gasteiger partial charge in [-0.3, -0.25) is 9.36 Å². The smallest absolute Gasteiger partial charge is 0.262 e. The molecule has 0 aliphatic rings. The Bertz CT molecular complexity index is 998. The Morgan fingerprint density at radius 3 is 2.92 bits per heavy atom. The fourth-order valence-corrected chi connectivity index (χ4v) is 3.73. The number of nitrogens with zero attached hydrogens (tertiary/aromatic N) is 3. The van der Waals surface area contributed by atoms with Gasteiger partial charge in [0.2, 0.25) is 0 Å². The summed E-state index contributed by atoms with van der Waals surface area (Å²) in [4.78, 5) is 19.7. The van der Waals surface area contributed by atoms with Crippen molar-refractivity contribution in [2.45, 2.75) is 26.3 Å². The Labute approximate surface area is 150 Å².